The third kappa shape index (κ3) is 21.6. The molecule has 2 N–H and O–H groups in total. The normalized spacial score (nSPS) is 9.60. The van der Waals surface area contributed by atoms with Crippen LogP contribution in [0.15, 0.2) is 0 Å². The lowest BCUT2D eigenvalue weighted by Gasteiger charge is -2.31. The molecule has 10 heteroatoms. The molecule has 0 aromatic carbocycles. The second kappa shape index (κ2) is 15.4. The van der Waals surface area contributed by atoms with Gasteiger partial charge in [-0.1, -0.05) is 13.8 Å². The molecule has 0 radical (unpaired) electrons. The van der Waals surface area contributed by atoms with E-state index in [1.54, 1.807) is 0 Å². The van der Waals surface area contributed by atoms with Gasteiger partial charge in [-0.25, -0.2) is 0 Å². The predicted molar refractivity (Wildman–Crippen MR) is 69.0 cm³/mol. The van der Waals surface area contributed by atoms with Crippen molar-refractivity contribution in [2.75, 3.05) is 19.8 Å². The molecule has 20 heavy (non-hydrogen) atoms. The van der Waals surface area contributed by atoms with Crippen molar-refractivity contribution in [2.45, 2.75) is 46.1 Å². The van der Waals surface area contributed by atoms with E-state index in [1.165, 1.54) is 0 Å². The Bertz CT molecular complexity index is 225. The van der Waals surface area contributed by atoms with Crippen LogP contribution in [0.2, 0.25) is 0 Å². The van der Waals surface area contributed by atoms with E-state index in [2.05, 4.69) is 13.8 Å². The first-order valence-corrected chi connectivity index (χ1v) is 6.09. The lowest BCUT2D eigenvalue weighted by Crippen LogP contribution is -2.36. The number of rotatable bonds is 7. The molecule has 0 bridgehead atoms. The number of nitrogens with zero attached hydrogens (tertiary/aromatic N) is 2. The predicted octanol–water partition coefficient (Wildman–Crippen LogP) is 1.92. The van der Waals surface area contributed by atoms with Crippen molar-refractivity contribution in [1.82, 2.24) is 0 Å². The van der Waals surface area contributed by atoms with Gasteiger partial charge in [0.25, 0.3) is 10.2 Å². The SMILES string of the molecule is CCOCC(CC)(CC)OCC.O=[N+]([O-])O.O=[N+]([O-])O. The van der Waals surface area contributed by atoms with Gasteiger partial charge in [0.05, 0.1) is 12.2 Å². The zero-order valence-electron chi connectivity index (χ0n) is 12.3. The van der Waals surface area contributed by atoms with Gasteiger partial charge in [0.1, 0.15) is 0 Å². The summed E-state index contributed by atoms with van der Waals surface area (Å²) in [5.41, 5.74) is -0.0369. The van der Waals surface area contributed by atoms with Crippen molar-refractivity contribution >= 4 is 0 Å². The lowest BCUT2D eigenvalue weighted by molar-refractivity contribution is -0.742. The maximum absolute atomic E-state index is 8.36. The third-order valence-corrected chi connectivity index (χ3v) is 2.31. The number of hydrogen-bond acceptors (Lipinski definition) is 6. The first kappa shape index (κ1) is 23.4. The Morgan fingerprint density at radius 1 is 0.950 bits per heavy atom. The van der Waals surface area contributed by atoms with Gasteiger partial charge in [-0.15, -0.1) is 20.2 Å². The van der Waals surface area contributed by atoms with Crippen LogP contribution in [0.5, 0.6) is 0 Å². The van der Waals surface area contributed by atoms with Crippen LogP contribution in [0.25, 0.3) is 0 Å². The Labute approximate surface area is 117 Å². The molecule has 0 spiro atoms. The molecule has 0 aromatic rings. The number of ether oxygens (including phenoxy) is 2. The van der Waals surface area contributed by atoms with Crippen molar-refractivity contribution in [1.29, 1.82) is 0 Å². The van der Waals surface area contributed by atoms with Crippen LogP contribution in [0.1, 0.15) is 40.5 Å². The van der Waals surface area contributed by atoms with Crippen LogP contribution in [0.4, 0.5) is 0 Å². The lowest BCUT2D eigenvalue weighted by atomic mass is 9.98. The van der Waals surface area contributed by atoms with E-state index in [4.69, 9.17) is 40.1 Å². The van der Waals surface area contributed by atoms with Gasteiger partial charge in [0, 0.05) is 13.2 Å². The fraction of sp³-hybridized carbons (Fsp3) is 1.00. The molecule has 0 saturated carbocycles. The summed E-state index contributed by atoms with van der Waals surface area (Å²) in [6.45, 7) is 10.6. The van der Waals surface area contributed by atoms with E-state index < -0.39 is 10.2 Å². The van der Waals surface area contributed by atoms with Crippen molar-refractivity contribution in [3.8, 4) is 0 Å². The summed E-state index contributed by atoms with van der Waals surface area (Å²) in [5, 5.41) is 27.3. The van der Waals surface area contributed by atoms with Crippen LogP contribution in [0, 0.1) is 20.2 Å². The fourth-order valence-electron chi connectivity index (χ4n) is 1.29. The molecule has 10 nitrogen and oxygen atoms in total. The molecule has 0 aliphatic heterocycles. The Balaban J connectivity index is -0.000000297. The zero-order chi connectivity index (χ0) is 16.6. The standard InChI is InChI=1S/C10H22O2.2HNO3/c1-5-10(6-2,12-8-4)9-11-7-3;2*2-1(3)4/h5-9H2,1-4H3;2*(H,2,3,4). The van der Waals surface area contributed by atoms with Crippen molar-refractivity contribution in [2.24, 2.45) is 0 Å². The zero-order valence-corrected chi connectivity index (χ0v) is 12.3. The van der Waals surface area contributed by atoms with E-state index in [1.807, 2.05) is 13.8 Å². The van der Waals surface area contributed by atoms with E-state index in [0.717, 1.165) is 32.7 Å². The van der Waals surface area contributed by atoms with Crippen molar-refractivity contribution in [3.05, 3.63) is 20.2 Å². The minimum absolute atomic E-state index is 0.0369. The summed E-state index contributed by atoms with van der Waals surface area (Å²) in [5.74, 6) is 0. The molecule has 0 heterocycles. The third-order valence-electron chi connectivity index (χ3n) is 2.31. The summed E-state index contributed by atoms with van der Waals surface area (Å²) in [7, 11) is 0. The Morgan fingerprint density at radius 3 is 1.50 bits per heavy atom. The average molecular weight is 300 g/mol. The van der Waals surface area contributed by atoms with Crippen LogP contribution < -0.4 is 0 Å². The summed E-state index contributed by atoms with van der Waals surface area (Å²) in [6.07, 6.45) is 2.05. The van der Waals surface area contributed by atoms with Crippen LogP contribution in [-0.2, 0) is 9.47 Å². The Kier molecular flexibility index (Phi) is 18.0. The molecule has 0 fully saturated rings. The molecule has 122 valence electrons. The minimum Gasteiger partial charge on any atom is -0.379 e. The van der Waals surface area contributed by atoms with Crippen LogP contribution >= 0.6 is 0 Å². The van der Waals surface area contributed by atoms with Gasteiger partial charge in [0.15, 0.2) is 0 Å². The quantitative estimate of drug-likeness (QED) is 0.535. The largest absolute Gasteiger partial charge is 0.379 e. The van der Waals surface area contributed by atoms with E-state index in [0.29, 0.717) is 0 Å². The van der Waals surface area contributed by atoms with Crippen LogP contribution in [0.3, 0.4) is 0 Å². The van der Waals surface area contributed by atoms with Gasteiger partial charge in [0.2, 0.25) is 0 Å². The van der Waals surface area contributed by atoms with Gasteiger partial charge in [-0.05, 0) is 26.7 Å². The topological polar surface area (TPSA) is 145 Å². The molecule has 0 rings (SSSR count). The highest BCUT2D eigenvalue weighted by Crippen LogP contribution is 2.20. The molecule has 0 saturated heterocycles. The second-order valence-corrected chi connectivity index (χ2v) is 3.44. The monoisotopic (exact) mass is 300 g/mol. The van der Waals surface area contributed by atoms with Crippen LogP contribution in [-0.4, -0.2) is 46.0 Å². The highest BCUT2D eigenvalue weighted by Gasteiger charge is 2.26. The number of hydrogen-bond donors (Lipinski definition) is 2. The summed E-state index contributed by atoms with van der Waals surface area (Å²) >= 11 is 0. The molecule has 0 aliphatic carbocycles. The summed E-state index contributed by atoms with van der Waals surface area (Å²) < 4.78 is 11.1. The average Bonchev–Trinajstić information content (AvgIpc) is 2.33. The first-order valence-electron chi connectivity index (χ1n) is 6.09. The molecular formula is C10H24N2O8. The maximum Gasteiger partial charge on any atom is 0.291 e. The highest BCUT2D eigenvalue weighted by atomic mass is 16.9. The molecule has 0 atom stereocenters. The van der Waals surface area contributed by atoms with Gasteiger partial charge in [-0.2, -0.15) is 0 Å². The molecule has 0 aromatic heterocycles. The van der Waals surface area contributed by atoms with E-state index in [9.17, 15) is 0 Å². The summed E-state index contributed by atoms with van der Waals surface area (Å²) in [6, 6.07) is 0. The van der Waals surface area contributed by atoms with Gasteiger partial charge in [-0.3, -0.25) is 0 Å². The van der Waals surface area contributed by atoms with E-state index in [-0.39, 0.29) is 5.60 Å². The Morgan fingerprint density at radius 2 is 1.30 bits per heavy atom. The maximum atomic E-state index is 8.36. The van der Waals surface area contributed by atoms with E-state index >= 15 is 0 Å². The minimum atomic E-state index is -1.50. The molecule has 0 unspecified atom stereocenters. The van der Waals surface area contributed by atoms with Gasteiger partial charge >= 0.3 is 0 Å². The van der Waals surface area contributed by atoms with Crippen molar-refractivity contribution < 1.29 is 30.1 Å². The summed E-state index contributed by atoms with van der Waals surface area (Å²) in [4.78, 5) is 16.7. The Hall–Kier alpha value is -1.68. The van der Waals surface area contributed by atoms with Crippen molar-refractivity contribution in [3.63, 3.8) is 0 Å². The smallest absolute Gasteiger partial charge is 0.291 e. The van der Waals surface area contributed by atoms with Gasteiger partial charge < -0.3 is 19.9 Å². The highest BCUT2D eigenvalue weighted by molar-refractivity contribution is 4.76. The fourth-order valence-corrected chi connectivity index (χ4v) is 1.29. The molecular weight excluding hydrogens is 276 g/mol. The second-order valence-electron chi connectivity index (χ2n) is 3.44. The molecule has 0 amide bonds. The first-order chi connectivity index (χ1) is 9.21. The molecule has 0 aliphatic rings.